The van der Waals surface area contributed by atoms with Crippen LogP contribution in [0, 0.1) is 13.8 Å². The van der Waals surface area contributed by atoms with E-state index in [1.807, 2.05) is 20.8 Å². The van der Waals surface area contributed by atoms with Crippen molar-refractivity contribution in [3.8, 4) is 0 Å². The van der Waals surface area contributed by atoms with Crippen LogP contribution in [0.5, 0.6) is 0 Å². The molecule has 1 fully saturated rings. The van der Waals surface area contributed by atoms with Crippen molar-refractivity contribution < 1.29 is 9.53 Å². The number of hydrogen-bond donors (Lipinski definition) is 2. The fourth-order valence-electron chi connectivity index (χ4n) is 3.10. The lowest BCUT2D eigenvalue weighted by atomic mass is 9.85. The molecule has 23 heavy (non-hydrogen) atoms. The summed E-state index contributed by atoms with van der Waals surface area (Å²) in [7, 11) is 0. The number of rotatable bonds is 4. The van der Waals surface area contributed by atoms with Gasteiger partial charge in [-0.05, 0) is 65.5 Å². The maximum Gasteiger partial charge on any atom is 0.407 e. The number of benzene rings is 1. The quantitative estimate of drug-likeness (QED) is 0.882. The first-order valence-corrected chi connectivity index (χ1v) is 8.47. The van der Waals surface area contributed by atoms with Crippen molar-refractivity contribution in [2.24, 2.45) is 0 Å². The Morgan fingerprint density at radius 2 is 1.87 bits per heavy atom. The van der Waals surface area contributed by atoms with Crippen molar-refractivity contribution in [1.29, 1.82) is 0 Å². The number of nitrogens with one attached hydrogen (secondary N) is 2. The molecule has 1 unspecified atom stereocenters. The number of carbonyl (C=O) groups is 1. The Hall–Kier alpha value is -1.55. The Labute approximate surface area is 140 Å². The van der Waals surface area contributed by atoms with Crippen LogP contribution in [0.4, 0.5) is 4.79 Å². The van der Waals surface area contributed by atoms with Crippen molar-refractivity contribution in [2.45, 2.75) is 78.1 Å². The zero-order valence-electron chi connectivity index (χ0n) is 15.2. The fraction of sp³-hybridized carbons (Fsp3) is 0.632. The van der Waals surface area contributed by atoms with Crippen LogP contribution in [0.1, 0.15) is 63.3 Å². The van der Waals surface area contributed by atoms with Crippen molar-refractivity contribution in [2.75, 3.05) is 0 Å². The molecule has 2 rings (SSSR count). The third-order valence-electron chi connectivity index (χ3n) is 4.24. The van der Waals surface area contributed by atoms with Crippen LogP contribution in [-0.2, 0) is 4.74 Å². The van der Waals surface area contributed by atoms with Gasteiger partial charge < -0.3 is 15.4 Å². The average Bonchev–Trinajstić information content (AvgIpc) is 2.33. The highest BCUT2D eigenvalue weighted by molar-refractivity contribution is 5.68. The van der Waals surface area contributed by atoms with Crippen molar-refractivity contribution in [3.63, 3.8) is 0 Å². The number of hydrogen-bond acceptors (Lipinski definition) is 3. The Bertz CT molecular complexity index is 557. The standard InChI is InChI=1S/C19H30N2O2/c1-12-7-8-17(13(2)9-12)14(3)20-15-10-16(11-15)21-18(22)23-19(4,5)6/h7-9,14-16,20H,10-11H2,1-6H3,(H,21,22). The zero-order chi connectivity index (χ0) is 17.2. The fourth-order valence-corrected chi connectivity index (χ4v) is 3.10. The van der Waals surface area contributed by atoms with E-state index in [9.17, 15) is 4.79 Å². The second kappa shape index (κ2) is 6.91. The van der Waals surface area contributed by atoms with Crippen LogP contribution >= 0.6 is 0 Å². The minimum absolute atomic E-state index is 0.216. The monoisotopic (exact) mass is 318 g/mol. The second-order valence-corrected chi connectivity index (χ2v) is 7.76. The van der Waals surface area contributed by atoms with E-state index in [1.165, 1.54) is 16.7 Å². The molecule has 0 aliphatic heterocycles. The highest BCUT2D eigenvalue weighted by atomic mass is 16.6. The molecule has 1 atom stereocenters. The van der Waals surface area contributed by atoms with E-state index in [4.69, 9.17) is 4.74 Å². The average molecular weight is 318 g/mol. The molecule has 1 aromatic carbocycles. The molecule has 1 aliphatic rings. The van der Waals surface area contributed by atoms with Crippen LogP contribution in [0.25, 0.3) is 0 Å². The lowest BCUT2D eigenvalue weighted by Crippen LogP contribution is -2.53. The van der Waals surface area contributed by atoms with Gasteiger partial charge in [0.05, 0.1) is 0 Å². The van der Waals surface area contributed by atoms with Crippen LogP contribution in [0.3, 0.4) is 0 Å². The smallest absolute Gasteiger partial charge is 0.407 e. The van der Waals surface area contributed by atoms with Gasteiger partial charge in [-0.25, -0.2) is 4.79 Å². The maximum absolute atomic E-state index is 11.7. The Morgan fingerprint density at radius 1 is 1.22 bits per heavy atom. The van der Waals surface area contributed by atoms with Gasteiger partial charge in [-0.15, -0.1) is 0 Å². The molecule has 4 heteroatoms. The largest absolute Gasteiger partial charge is 0.444 e. The summed E-state index contributed by atoms with van der Waals surface area (Å²) in [6.07, 6.45) is 1.59. The van der Waals surface area contributed by atoms with E-state index in [2.05, 4.69) is 49.6 Å². The molecule has 1 amide bonds. The predicted octanol–water partition coefficient (Wildman–Crippen LogP) is 4.01. The first kappa shape index (κ1) is 17.8. The van der Waals surface area contributed by atoms with Gasteiger partial charge >= 0.3 is 6.09 Å². The maximum atomic E-state index is 11.7. The molecule has 0 saturated heterocycles. The van der Waals surface area contributed by atoms with Crippen LogP contribution in [-0.4, -0.2) is 23.8 Å². The normalized spacial score (nSPS) is 22.2. The molecule has 0 heterocycles. The molecular formula is C19H30N2O2. The molecule has 0 spiro atoms. The number of alkyl carbamates (subject to hydrolysis) is 1. The van der Waals surface area contributed by atoms with E-state index < -0.39 is 5.60 Å². The van der Waals surface area contributed by atoms with E-state index in [0.29, 0.717) is 12.1 Å². The number of carbonyl (C=O) groups excluding carboxylic acids is 1. The number of ether oxygens (including phenoxy) is 1. The van der Waals surface area contributed by atoms with E-state index in [-0.39, 0.29) is 12.1 Å². The van der Waals surface area contributed by atoms with Gasteiger partial charge in [0.25, 0.3) is 0 Å². The number of aryl methyl sites for hydroxylation is 2. The number of amides is 1. The topological polar surface area (TPSA) is 50.4 Å². The van der Waals surface area contributed by atoms with Gasteiger partial charge in [-0.2, -0.15) is 0 Å². The highest BCUT2D eigenvalue weighted by Crippen LogP contribution is 2.26. The second-order valence-electron chi connectivity index (χ2n) is 7.76. The van der Waals surface area contributed by atoms with E-state index in [0.717, 1.165) is 12.8 Å². The van der Waals surface area contributed by atoms with Gasteiger partial charge in [0.15, 0.2) is 0 Å². The lowest BCUT2D eigenvalue weighted by Gasteiger charge is -2.38. The molecular weight excluding hydrogens is 288 g/mol. The molecule has 4 nitrogen and oxygen atoms in total. The minimum atomic E-state index is -0.442. The van der Waals surface area contributed by atoms with Gasteiger partial charge in [-0.1, -0.05) is 23.8 Å². The van der Waals surface area contributed by atoms with Crippen molar-refractivity contribution >= 4 is 6.09 Å². The first-order valence-electron chi connectivity index (χ1n) is 8.47. The summed E-state index contributed by atoms with van der Waals surface area (Å²) >= 11 is 0. The molecule has 0 aromatic heterocycles. The van der Waals surface area contributed by atoms with Gasteiger partial charge in [0.2, 0.25) is 0 Å². The first-order chi connectivity index (χ1) is 10.6. The van der Waals surface area contributed by atoms with Gasteiger partial charge in [0, 0.05) is 18.1 Å². The third kappa shape index (κ3) is 5.24. The molecule has 2 N–H and O–H groups in total. The molecule has 1 saturated carbocycles. The van der Waals surface area contributed by atoms with E-state index in [1.54, 1.807) is 0 Å². The molecule has 1 aliphatic carbocycles. The summed E-state index contributed by atoms with van der Waals surface area (Å²) < 4.78 is 5.29. The Balaban J connectivity index is 1.76. The third-order valence-corrected chi connectivity index (χ3v) is 4.24. The van der Waals surface area contributed by atoms with Gasteiger partial charge in [-0.3, -0.25) is 0 Å². The zero-order valence-corrected chi connectivity index (χ0v) is 15.2. The molecule has 128 valence electrons. The van der Waals surface area contributed by atoms with E-state index >= 15 is 0 Å². The Kier molecular flexibility index (Phi) is 5.35. The van der Waals surface area contributed by atoms with Crippen LogP contribution in [0.2, 0.25) is 0 Å². The lowest BCUT2D eigenvalue weighted by molar-refractivity contribution is 0.0463. The minimum Gasteiger partial charge on any atom is -0.444 e. The summed E-state index contributed by atoms with van der Waals surface area (Å²) in [5.41, 5.74) is 3.53. The molecule has 0 bridgehead atoms. The summed E-state index contributed by atoms with van der Waals surface area (Å²) in [6.45, 7) is 12.1. The summed E-state index contributed by atoms with van der Waals surface area (Å²) in [6, 6.07) is 7.58. The summed E-state index contributed by atoms with van der Waals surface area (Å²) in [4.78, 5) is 11.7. The van der Waals surface area contributed by atoms with Crippen molar-refractivity contribution in [3.05, 3.63) is 34.9 Å². The molecule has 1 aromatic rings. The van der Waals surface area contributed by atoms with Crippen molar-refractivity contribution in [1.82, 2.24) is 10.6 Å². The summed E-state index contributed by atoms with van der Waals surface area (Å²) in [5, 5.41) is 6.59. The SMILES string of the molecule is Cc1ccc(C(C)NC2CC(NC(=O)OC(C)(C)C)C2)c(C)c1. The predicted molar refractivity (Wildman–Crippen MR) is 93.6 cm³/mol. The van der Waals surface area contributed by atoms with Crippen LogP contribution < -0.4 is 10.6 Å². The Morgan fingerprint density at radius 3 is 2.43 bits per heavy atom. The van der Waals surface area contributed by atoms with Gasteiger partial charge in [0.1, 0.15) is 5.60 Å². The highest BCUT2D eigenvalue weighted by Gasteiger charge is 2.32. The molecule has 0 radical (unpaired) electrons. The van der Waals surface area contributed by atoms with Crippen LogP contribution in [0.15, 0.2) is 18.2 Å². The summed E-state index contributed by atoms with van der Waals surface area (Å²) in [5.74, 6) is 0.